The van der Waals surface area contributed by atoms with E-state index in [1.807, 2.05) is 11.0 Å². The van der Waals surface area contributed by atoms with E-state index in [9.17, 15) is 13.2 Å². The van der Waals surface area contributed by atoms with Crippen molar-refractivity contribution in [3.8, 4) is 0 Å². The first kappa shape index (κ1) is 17.9. The molecule has 2 rings (SSSR count). The van der Waals surface area contributed by atoms with Gasteiger partial charge in [-0.1, -0.05) is 37.5 Å². The van der Waals surface area contributed by atoms with Gasteiger partial charge in [-0.15, -0.1) is 0 Å². The highest BCUT2D eigenvalue weighted by atomic mass is 32.2. The number of amides is 1. The van der Waals surface area contributed by atoms with Gasteiger partial charge >= 0.3 is 0 Å². The summed E-state index contributed by atoms with van der Waals surface area (Å²) in [6.07, 6.45) is 5.54. The maximum atomic E-state index is 12.4. The fourth-order valence-electron chi connectivity index (χ4n) is 3.23. The molecule has 1 aliphatic carbocycles. The van der Waals surface area contributed by atoms with Crippen molar-refractivity contribution in [2.75, 3.05) is 13.1 Å². The lowest BCUT2D eigenvalue weighted by atomic mass is 9.94. The van der Waals surface area contributed by atoms with E-state index in [4.69, 9.17) is 0 Å². The lowest BCUT2D eigenvalue weighted by molar-refractivity contribution is -0.131. The molecule has 6 heteroatoms. The third-order valence-electron chi connectivity index (χ3n) is 4.45. The predicted octanol–water partition coefficient (Wildman–Crippen LogP) is 2.45. The molecule has 5 nitrogen and oxygen atoms in total. The molecule has 0 radical (unpaired) electrons. The van der Waals surface area contributed by atoms with Crippen LogP contribution in [0.15, 0.2) is 29.2 Å². The Balaban J connectivity index is 1.96. The summed E-state index contributed by atoms with van der Waals surface area (Å²) in [5.41, 5.74) is 0.718. The fraction of sp³-hybridized carbons (Fsp3) is 0.588. The van der Waals surface area contributed by atoms with Gasteiger partial charge in [-0.3, -0.25) is 4.79 Å². The second-order valence-corrected chi connectivity index (χ2v) is 7.90. The summed E-state index contributed by atoms with van der Waals surface area (Å²) < 4.78 is 27.4. The number of benzene rings is 1. The zero-order chi connectivity index (χ0) is 16.9. The zero-order valence-corrected chi connectivity index (χ0v) is 14.7. The van der Waals surface area contributed by atoms with Gasteiger partial charge < -0.3 is 4.90 Å². The van der Waals surface area contributed by atoms with Crippen molar-refractivity contribution in [3.63, 3.8) is 0 Å². The Kier molecular flexibility index (Phi) is 6.18. The first-order valence-corrected chi connectivity index (χ1v) is 9.72. The van der Waals surface area contributed by atoms with E-state index in [1.165, 1.54) is 6.42 Å². The monoisotopic (exact) mass is 338 g/mol. The Hall–Kier alpha value is -1.40. The maximum Gasteiger partial charge on any atom is 0.240 e. The summed E-state index contributed by atoms with van der Waals surface area (Å²) >= 11 is 0. The van der Waals surface area contributed by atoms with Gasteiger partial charge in [-0.2, -0.15) is 0 Å². The number of rotatable bonds is 6. The first-order chi connectivity index (χ1) is 10.9. The molecule has 0 aliphatic heterocycles. The van der Waals surface area contributed by atoms with E-state index in [0.29, 0.717) is 11.4 Å². The highest BCUT2D eigenvalue weighted by Crippen LogP contribution is 2.22. The highest BCUT2D eigenvalue weighted by Gasteiger charge is 2.23. The van der Waals surface area contributed by atoms with Crippen molar-refractivity contribution in [2.24, 2.45) is 0 Å². The summed E-state index contributed by atoms with van der Waals surface area (Å²) in [5, 5.41) is 0. The molecule has 0 saturated heterocycles. The van der Waals surface area contributed by atoms with Crippen LogP contribution in [-0.2, 0) is 14.8 Å². The Morgan fingerprint density at radius 1 is 1.22 bits per heavy atom. The third kappa shape index (κ3) is 4.78. The van der Waals surface area contributed by atoms with Crippen LogP contribution in [0.1, 0.15) is 44.6 Å². The number of nitrogens with zero attached hydrogens (tertiary/aromatic N) is 1. The molecule has 0 heterocycles. The van der Waals surface area contributed by atoms with Crippen molar-refractivity contribution < 1.29 is 13.2 Å². The molecule has 1 saturated carbocycles. The van der Waals surface area contributed by atoms with Crippen molar-refractivity contribution >= 4 is 15.9 Å². The Morgan fingerprint density at radius 2 is 1.87 bits per heavy atom. The second-order valence-electron chi connectivity index (χ2n) is 6.17. The number of nitrogens with one attached hydrogen (secondary N) is 1. The standard InChI is InChI=1S/C17H26N2O3S/c1-14-8-6-7-11-17(14)23(21,22)18-12-13-19(15(2)20)16-9-4-3-5-10-16/h6-8,11,16,18H,3-5,9-10,12-13H2,1-2H3. The Morgan fingerprint density at radius 3 is 2.48 bits per heavy atom. The predicted molar refractivity (Wildman–Crippen MR) is 90.6 cm³/mol. The Labute approximate surface area is 139 Å². The van der Waals surface area contributed by atoms with Crippen LogP contribution in [0.3, 0.4) is 0 Å². The number of carbonyl (C=O) groups excluding carboxylic acids is 1. The largest absolute Gasteiger partial charge is 0.339 e. The first-order valence-electron chi connectivity index (χ1n) is 8.24. The van der Waals surface area contributed by atoms with E-state index in [1.54, 1.807) is 32.0 Å². The molecule has 1 aliphatic rings. The topological polar surface area (TPSA) is 66.5 Å². The molecular weight excluding hydrogens is 312 g/mol. The van der Waals surface area contributed by atoms with Gasteiger partial charge in [0.25, 0.3) is 0 Å². The summed E-state index contributed by atoms with van der Waals surface area (Å²) in [6, 6.07) is 7.16. The minimum atomic E-state index is -3.53. The van der Waals surface area contributed by atoms with Crippen molar-refractivity contribution in [1.29, 1.82) is 0 Å². The molecule has 0 bridgehead atoms. The van der Waals surface area contributed by atoms with Gasteiger partial charge in [0.2, 0.25) is 15.9 Å². The van der Waals surface area contributed by atoms with Crippen molar-refractivity contribution in [1.82, 2.24) is 9.62 Å². The van der Waals surface area contributed by atoms with E-state index < -0.39 is 10.0 Å². The summed E-state index contributed by atoms with van der Waals surface area (Å²) in [7, 11) is -3.53. The van der Waals surface area contributed by atoms with E-state index in [2.05, 4.69) is 4.72 Å². The number of sulfonamides is 1. The third-order valence-corrected chi connectivity index (χ3v) is 6.07. The van der Waals surface area contributed by atoms with Crippen LogP contribution in [0, 0.1) is 6.92 Å². The molecular formula is C17H26N2O3S. The van der Waals surface area contributed by atoms with Gasteiger partial charge in [0.15, 0.2) is 0 Å². The van der Waals surface area contributed by atoms with Crippen LogP contribution >= 0.6 is 0 Å². The Bertz CT molecular complexity index is 637. The van der Waals surface area contributed by atoms with Crippen LogP contribution in [0.4, 0.5) is 0 Å². The lowest BCUT2D eigenvalue weighted by Gasteiger charge is -2.33. The molecule has 0 unspecified atom stereocenters. The second kappa shape index (κ2) is 7.93. The van der Waals surface area contributed by atoms with Gasteiger partial charge in [0.05, 0.1) is 4.90 Å². The number of hydrogen-bond acceptors (Lipinski definition) is 3. The van der Waals surface area contributed by atoms with Gasteiger partial charge in [-0.05, 0) is 31.4 Å². The number of hydrogen-bond donors (Lipinski definition) is 1. The van der Waals surface area contributed by atoms with Crippen molar-refractivity contribution in [2.45, 2.75) is 56.9 Å². The molecule has 1 aromatic rings. The molecule has 1 aromatic carbocycles. The molecule has 23 heavy (non-hydrogen) atoms. The maximum absolute atomic E-state index is 12.4. The van der Waals surface area contributed by atoms with Crippen LogP contribution in [0.5, 0.6) is 0 Å². The average Bonchev–Trinajstić information content (AvgIpc) is 2.52. The van der Waals surface area contributed by atoms with Crippen LogP contribution < -0.4 is 4.72 Å². The minimum absolute atomic E-state index is 0.0204. The lowest BCUT2D eigenvalue weighted by Crippen LogP contribution is -2.44. The molecule has 1 N–H and O–H groups in total. The number of aryl methyl sites for hydroxylation is 1. The van der Waals surface area contributed by atoms with E-state index in [-0.39, 0.29) is 18.5 Å². The molecule has 128 valence electrons. The summed E-state index contributed by atoms with van der Waals surface area (Å²) in [5.74, 6) is 0.0204. The van der Waals surface area contributed by atoms with Gasteiger partial charge in [0.1, 0.15) is 0 Å². The van der Waals surface area contributed by atoms with Crippen molar-refractivity contribution in [3.05, 3.63) is 29.8 Å². The SMILES string of the molecule is CC(=O)N(CCNS(=O)(=O)c1ccccc1C)C1CCCCC1. The normalized spacial score (nSPS) is 16.3. The van der Waals surface area contributed by atoms with Crippen LogP contribution in [-0.4, -0.2) is 38.4 Å². The van der Waals surface area contributed by atoms with Gasteiger partial charge in [-0.25, -0.2) is 13.1 Å². The van der Waals surface area contributed by atoms with Crippen LogP contribution in [0.2, 0.25) is 0 Å². The van der Waals surface area contributed by atoms with Gasteiger partial charge in [0, 0.05) is 26.1 Å². The smallest absolute Gasteiger partial charge is 0.240 e. The molecule has 0 spiro atoms. The minimum Gasteiger partial charge on any atom is -0.339 e. The molecule has 0 aromatic heterocycles. The highest BCUT2D eigenvalue weighted by molar-refractivity contribution is 7.89. The molecule has 1 fully saturated rings. The average molecular weight is 338 g/mol. The molecule has 1 amide bonds. The quantitative estimate of drug-likeness (QED) is 0.866. The fourth-order valence-corrected chi connectivity index (χ4v) is 4.49. The van der Waals surface area contributed by atoms with E-state index >= 15 is 0 Å². The van der Waals surface area contributed by atoms with Crippen LogP contribution in [0.25, 0.3) is 0 Å². The summed E-state index contributed by atoms with van der Waals surface area (Å²) in [6.45, 7) is 4.00. The van der Waals surface area contributed by atoms with E-state index in [0.717, 1.165) is 31.2 Å². The summed E-state index contributed by atoms with van der Waals surface area (Å²) in [4.78, 5) is 14.0. The number of carbonyl (C=O) groups is 1. The zero-order valence-electron chi connectivity index (χ0n) is 13.9. The molecule has 0 atom stereocenters.